The summed E-state index contributed by atoms with van der Waals surface area (Å²) in [7, 11) is 1.56. The van der Waals surface area contributed by atoms with Crippen molar-refractivity contribution in [2.45, 2.75) is 44.3 Å². The molecular formula is C23H22F6N6O. The quantitative estimate of drug-likeness (QED) is 0.469. The molecule has 4 heterocycles. The van der Waals surface area contributed by atoms with E-state index in [2.05, 4.69) is 20.1 Å². The van der Waals surface area contributed by atoms with Crippen molar-refractivity contribution in [2.75, 3.05) is 6.54 Å². The first-order chi connectivity index (χ1) is 16.9. The number of amides is 1. The highest BCUT2D eigenvalue weighted by molar-refractivity contribution is 5.98. The Balaban J connectivity index is 1.62. The Bertz CT molecular complexity index is 1250. The van der Waals surface area contributed by atoms with E-state index in [-0.39, 0.29) is 35.6 Å². The minimum Gasteiger partial charge on any atom is -0.328 e. The van der Waals surface area contributed by atoms with Gasteiger partial charge in [-0.15, -0.1) is 0 Å². The van der Waals surface area contributed by atoms with Crippen molar-refractivity contribution in [3.8, 4) is 11.4 Å². The Hall–Kier alpha value is -3.51. The molecule has 0 saturated carbocycles. The van der Waals surface area contributed by atoms with Crippen LogP contribution >= 0.6 is 0 Å². The summed E-state index contributed by atoms with van der Waals surface area (Å²) in [5, 5.41) is 4.16. The maximum atomic E-state index is 14.5. The van der Waals surface area contributed by atoms with E-state index in [9.17, 15) is 31.1 Å². The first-order valence-corrected chi connectivity index (χ1v) is 11.1. The third-order valence-electron chi connectivity index (χ3n) is 6.10. The van der Waals surface area contributed by atoms with Crippen LogP contribution in [0.2, 0.25) is 0 Å². The van der Waals surface area contributed by atoms with Gasteiger partial charge < -0.3 is 4.90 Å². The zero-order chi connectivity index (χ0) is 26.3. The molecule has 3 aromatic heterocycles. The molecule has 0 N–H and O–H groups in total. The molecule has 1 saturated heterocycles. The van der Waals surface area contributed by atoms with Crippen molar-refractivity contribution >= 4 is 5.91 Å². The third-order valence-corrected chi connectivity index (χ3v) is 6.10. The monoisotopic (exact) mass is 512 g/mol. The highest BCUT2D eigenvalue weighted by Gasteiger charge is 2.46. The Kier molecular flexibility index (Phi) is 6.76. The Morgan fingerprint density at radius 3 is 2.53 bits per heavy atom. The van der Waals surface area contributed by atoms with Crippen molar-refractivity contribution in [3.05, 3.63) is 59.7 Å². The van der Waals surface area contributed by atoms with Crippen LogP contribution in [-0.2, 0) is 19.6 Å². The molecular weight excluding hydrogens is 490 g/mol. The fraction of sp³-hybridized carbons (Fsp3) is 0.435. The number of carbonyl (C=O) groups excluding carboxylic acids is 1. The van der Waals surface area contributed by atoms with Gasteiger partial charge in [0.15, 0.2) is 11.5 Å². The standard InChI is InChI=1S/C23H22F6N6O/c1-13-9-22(25,26)12-35(18(13)5-4-17-16(24)8-14(10-32-17)23(27,28)29)21(36)19-15(11-34(2)33-19)20-30-6-3-7-31-20/h3,6-8,10-11,13,18H,4-5,9,12H2,1-2H3/t13-,18-/m1/s1. The van der Waals surface area contributed by atoms with E-state index in [1.54, 1.807) is 20.0 Å². The maximum absolute atomic E-state index is 14.5. The van der Waals surface area contributed by atoms with Gasteiger partial charge in [-0.25, -0.2) is 23.1 Å². The molecule has 3 aromatic rings. The average Bonchev–Trinajstić information content (AvgIpc) is 3.19. The Morgan fingerprint density at radius 1 is 1.19 bits per heavy atom. The van der Waals surface area contributed by atoms with Crippen LogP contribution in [0, 0.1) is 11.7 Å². The van der Waals surface area contributed by atoms with Crippen LogP contribution in [-0.4, -0.2) is 54.0 Å². The molecule has 1 aliphatic rings. The smallest absolute Gasteiger partial charge is 0.328 e. The van der Waals surface area contributed by atoms with Crippen LogP contribution in [0.1, 0.15) is 41.5 Å². The average molecular weight is 512 g/mol. The van der Waals surface area contributed by atoms with Gasteiger partial charge in [0.05, 0.1) is 23.4 Å². The second kappa shape index (κ2) is 9.51. The van der Waals surface area contributed by atoms with Gasteiger partial charge in [-0.2, -0.15) is 18.3 Å². The minimum absolute atomic E-state index is 0.0161. The number of piperidine rings is 1. The Morgan fingerprint density at radius 2 is 1.89 bits per heavy atom. The summed E-state index contributed by atoms with van der Waals surface area (Å²) in [6.07, 6.45) is -0.411. The predicted molar refractivity (Wildman–Crippen MR) is 115 cm³/mol. The lowest BCUT2D eigenvalue weighted by molar-refractivity contribution is -0.138. The largest absolute Gasteiger partial charge is 0.417 e. The van der Waals surface area contributed by atoms with Gasteiger partial charge in [-0.05, 0) is 30.9 Å². The highest BCUT2D eigenvalue weighted by Crippen LogP contribution is 2.37. The summed E-state index contributed by atoms with van der Waals surface area (Å²) in [5.74, 6) is -5.57. The van der Waals surface area contributed by atoms with Gasteiger partial charge in [-0.1, -0.05) is 6.92 Å². The van der Waals surface area contributed by atoms with Gasteiger partial charge in [0.25, 0.3) is 11.8 Å². The lowest BCUT2D eigenvalue weighted by Gasteiger charge is -2.43. The van der Waals surface area contributed by atoms with Crippen LogP contribution in [0.15, 0.2) is 36.9 Å². The van der Waals surface area contributed by atoms with E-state index in [0.717, 1.165) is 4.90 Å². The fourth-order valence-corrected chi connectivity index (χ4v) is 4.48. The van der Waals surface area contributed by atoms with Crippen LogP contribution in [0.5, 0.6) is 0 Å². The first-order valence-electron chi connectivity index (χ1n) is 11.1. The predicted octanol–water partition coefficient (Wildman–Crippen LogP) is 4.55. The second-order valence-corrected chi connectivity index (χ2v) is 8.86. The number of halogens is 6. The number of aromatic nitrogens is 5. The van der Waals surface area contributed by atoms with Crippen molar-refractivity contribution in [2.24, 2.45) is 13.0 Å². The number of carbonyl (C=O) groups is 1. The molecule has 0 radical (unpaired) electrons. The molecule has 1 fully saturated rings. The van der Waals surface area contributed by atoms with Crippen molar-refractivity contribution in [3.63, 3.8) is 0 Å². The van der Waals surface area contributed by atoms with Gasteiger partial charge >= 0.3 is 6.18 Å². The number of hydrogen-bond acceptors (Lipinski definition) is 5. The molecule has 7 nitrogen and oxygen atoms in total. The zero-order valence-electron chi connectivity index (χ0n) is 19.3. The number of alkyl halides is 5. The van der Waals surface area contributed by atoms with Crippen molar-refractivity contribution in [1.29, 1.82) is 0 Å². The summed E-state index contributed by atoms with van der Waals surface area (Å²) in [5.41, 5.74) is -1.32. The van der Waals surface area contributed by atoms with E-state index >= 15 is 0 Å². The third kappa shape index (κ3) is 5.34. The van der Waals surface area contributed by atoms with E-state index in [0.29, 0.717) is 12.3 Å². The molecule has 192 valence electrons. The molecule has 0 aromatic carbocycles. The van der Waals surface area contributed by atoms with E-state index in [4.69, 9.17) is 0 Å². The molecule has 36 heavy (non-hydrogen) atoms. The number of pyridine rings is 1. The highest BCUT2D eigenvalue weighted by atomic mass is 19.4. The van der Waals surface area contributed by atoms with Gasteiger partial charge in [0, 0.05) is 44.3 Å². The minimum atomic E-state index is -4.75. The lowest BCUT2D eigenvalue weighted by atomic mass is 9.85. The molecule has 0 bridgehead atoms. The molecule has 2 atom stereocenters. The zero-order valence-corrected chi connectivity index (χ0v) is 19.3. The SMILES string of the molecule is C[C@@H]1CC(F)(F)CN(C(=O)c2nn(C)cc2-c2ncccn2)[C@@H]1CCc1ncc(C(F)(F)F)cc1F. The molecule has 4 rings (SSSR count). The van der Waals surface area contributed by atoms with Gasteiger partial charge in [0.2, 0.25) is 0 Å². The van der Waals surface area contributed by atoms with Crippen LogP contribution < -0.4 is 0 Å². The number of rotatable bonds is 5. The summed E-state index contributed by atoms with van der Waals surface area (Å²) in [6.45, 7) is 0.670. The van der Waals surface area contributed by atoms with Gasteiger partial charge in [-0.3, -0.25) is 14.5 Å². The number of nitrogens with zero attached hydrogens (tertiary/aromatic N) is 6. The summed E-state index contributed by atoms with van der Waals surface area (Å²) >= 11 is 0. The molecule has 1 amide bonds. The Labute approximate surface area is 202 Å². The number of likely N-dealkylation sites (tertiary alicyclic amines) is 1. The fourth-order valence-electron chi connectivity index (χ4n) is 4.48. The lowest BCUT2D eigenvalue weighted by Crippen LogP contribution is -2.55. The first kappa shape index (κ1) is 25.6. The molecule has 1 aliphatic heterocycles. The molecule has 13 heteroatoms. The van der Waals surface area contributed by atoms with Crippen LogP contribution in [0.3, 0.4) is 0 Å². The normalized spacial score (nSPS) is 19.9. The topological polar surface area (TPSA) is 76.8 Å². The summed E-state index contributed by atoms with van der Waals surface area (Å²) < 4.78 is 83.2. The van der Waals surface area contributed by atoms with Gasteiger partial charge in [0.1, 0.15) is 5.82 Å². The molecule has 0 unspecified atom stereocenters. The molecule has 0 aliphatic carbocycles. The van der Waals surface area contributed by atoms with E-state index in [1.807, 2.05) is 0 Å². The van der Waals surface area contributed by atoms with Crippen LogP contribution in [0.25, 0.3) is 11.4 Å². The summed E-state index contributed by atoms with van der Waals surface area (Å²) in [4.78, 5) is 26.3. The van der Waals surface area contributed by atoms with E-state index < -0.39 is 54.3 Å². The summed E-state index contributed by atoms with van der Waals surface area (Å²) in [6, 6.07) is 1.18. The van der Waals surface area contributed by atoms with E-state index in [1.165, 1.54) is 23.3 Å². The number of hydrogen-bond donors (Lipinski definition) is 0. The number of aryl methyl sites for hydroxylation is 2. The second-order valence-electron chi connectivity index (χ2n) is 8.86. The van der Waals surface area contributed by atoms with Crippen LogP contribution in [0.4, 0.5) is 26.3 Å². The van der Waals surface area contributed by atoms with Crippen molar-refractivity contribution < 1.29 is 31.1 Å². The molecule has 0 spiro atoms. The van der Waals surface area contributed by atoms with Crippen molar-refractivity contribution in [1.82, 2.24) is 29.6 Å². The maximum Gasteiger partial charge on any atom is 0.417 e.